The number of nitrogens with one attached hydrogen (secondary N) is 2. The van der Waals surface area contributed by atoms with E-state index in [-0.39, 0.29) is 18.3 Å². The lowest BCUT2D eigenvalue weighted by Crippen LogP contribution is -2.14. The number of rotatable bonds is 6. The van der Waals surface area contributed by atoms with Gasteiger partial charge in [-0.25, -0.2) is 9.97 Å². The Balaban J connectivity index is 0.00000243. The average molecular weight is 393 g/mol. The summed E-state index contributed by atoms with van der Waals surface area (Å²) in [6.45, 7) is 6.06. The molecular formula is C19H25ClN4OS. The van der Waals surface area contributed by atoms with Crippen molar-refractivity contribution in [2.45, 2.75) is 43.2 Å². The Morgan fingerprint density at radius 2 is 1.92 bits per heavy atom. The highest BCUT2D eigenvalue weighted by atomic mass is 35.5. The van der Waals surface area contributed by atoms with Crippen LogP contribution in [0.3, 0.4) is 0 Å². The number of nitrogens with zero attached hydrogens (tertiary/aromatic N) is 2. The number of benzene rings is 1. The van der Waals surface area contributed by atoms with Crippen LogP contribution in [0.25, 0.3) is 0 Å². The van der Waals surface area contributed by atoms with Crippen LogP contribution in [0.15, 0.2) is 40.4 Å². The quantitative estimate of drug-likeness (QED) is 0.727. The fraction of sp³-hybridized carbons (Fsp3) is 0.421. The summed E-state index contributed by atoms with van der Waals surface area (Å²) < 4.78 is 0. The van der Waals surface area contributed by atoms with Gasteiger partial charge < -0.3 is 10.6 Å². The molecule has 3 rings (SSSR count). The third-order valence-electron chi connectivity index (χ3n) is 4.25. The minimum atomic E-state index is 0. The van der Waals surface area contributed by atoms with E-state index in [2.05, 4.69) is 20.6 Å². The Kier molecular flexibility index (Phi) is 7.87. The number of carbonyl (C=O) groups is 1. The van der Waals surface area contributed by atoms with Crippen molar-refractivity contribution in [3.63, 3.8) is 0 Å². The summed E-state index contributed by atoms with van der Waals surface area (Å²) in [7, 11) is 0. The highest BCUT2D eigenvalue weighted by Crippen LogP contribution is 2.26. The summed E-state index contributed by atoms with van der Waals surface area (Å²) in [6.07, 6.45) is 2.72. The zero-order valence-electron chi connectivity index (χ0n) is 15.1. The fourth-order valence-corrected chi connectivity index (χ4v) is 3.83. The van der Waals surface area contributed by atoms with Gasteiger partial charge in [-0.05, 0) is 87.8 Å². The van der Waals surface area contributed by atoms with Gasteiger partial charge in [0.15, 0.2) is 5.16 Å². The van der Waals surface area contributed by atoms with Crippen LogP contribution < -0.4 is 10.6 Å². The Morgan fingerprint density at radius 3 is 2.54 bits per heavy atom. The first-order valence-corrected chi connectivity index (χ1v) is 9.51. The molecule has 140 valence electrons. The molecule has 1 atom stereocenters. The van der Waals surface area contributed by atoms with E-state index in [0.29, 0.717) is 12.3 Å². The first kappa shape index (κ1) is 20.7. The fourth-order valence-electron chi connectivity index (χ4n) is 2.97. The second-order valence-electron chi connectivity index (χ2n) is 6.51. The lowest BCUT2D eigenvalue weighted by molar-refractivity contribution is -0.116. The summed E-state index contributed by atoms with van der Waals surface area (Å²) >= 11 is 1.53. The van der Waals surface area contributed by atoms with Crippen molar-refractivity contribution < 1.29 is 4.79 Å². The molecule has 2 aromatic rings. The molecule has 1 aliphatic rings. The highest BCUT2D eigenvalue weighted by molar-refractivity contribution is 7.99. The van der Waals surface area contributed by atoms with Crippen LogP contribution in [-0.4, -0.2) is 29.0 Å². The van der Waals surface area contributed by atoms with Gasteiger partial charge in [-0.2, -0.15) is 0 Å². The Morgan fingerprint density at radius 1 is 1.23 bits per heavy atom. The van der Waals surface area contributed by atoms with Crippen molar-refractivity contribution in [3.8, 4) is 0 Å². The molecule has 1 unspecified atom stereocenters. The molecule has 2 N–H and O–H groups in total. The lowest BCUT2D eigenvalue weighted by atomic mass is 10.0. The maximum atomic E-state index is 12.1. The molecule has 0 spiro atoms. The Labute approximate surface area is 165 Å². The molecule has 0 saturated carbocycles. The molecule has 1 saturated heterocycles. The van der Waals surface area contributed by atoms with E-state index in [1.54, 1.807) is 0 Å². The normalized spacial score (nSPS) is 16.2. The molecule has 1 aromatic carbocycles. The summed E-state index contributed by atoms with van der Waals surface area (Å²) in [6, 6.07) is 9.80. The molecule has 1 amide bonds. The van der Waals surface area contributed by atoms with Gasteiger partial charge in [0, 0.05) is 28.4 Å². The van der Waals surface area contributed by atoms with Gasteiger partial charge in [-0.15, -0.1) is 12.4 Å². The SMILES string of the molecule is Cc1cc(C)nc(Sc2ccc(NC(=O)CCC3CCNC3)cc2)n1.Cl. The monoisotopic (exact) mass is 392 g/mol. The predicted molar refractivity (Wildman–Crippen MR) is 108 cm³/mol. The Bertz CT molecular complexity index is 713. The second-order valence-corrected chi connectivity index (χ2v) is 7.55. The molecule has 5 nitrogen and oxygen atoms in total. The molecular weight excluding hydrogens is 368 g/mol. The van der Waals surface area contributed by atoms with Gasteiger partial charge in [0.2, 0.25) is 5.91 Å². The maximum absolute atomic E-state index is 12.1. The van der Waals surface area contributed by atoms with Gasteiger partial charge >= 0.3 is 0 Å². The minimum absolute atomic E-state index is 0. The van der Waals surface area contributed by atoms with Crippen LogP contribution in [-0.2, 0) is 4.79 Å². The third kappa shape index (κ3) is 6.27. The number of hydrogen-bond donors (Lipinski definition) is 2. The summed E-state index contributed by atoms with van der Waals surface area (Å²) in [5, 5.41) is 7.06. The molecule has 1 aliphatic heterocycles. The molecule has 0 radical (unpaired) electrons. The van der Waals surface area contributed by atoms with Crippen LogP contribution in [0.2, 0.25) is 0 Å². The number of carbonyl (C=O) groups excluding carboxylic acids is 1. The van der Waals surface area contributed by atoms with Crippen LogP contribution in [0.4, 0.5) is 5.69 Å². The van der Waals surface area contributed by atoms with Crippen LogP contribution in [0.5, 0.6) is 0 Å². The number of aromatic nitrogens is 2. The van der Waals surface area contributed by atoms with E-state index in [4.69, 9.17) is 0 Å². The van der Waals surface area contributed by atoms with Gasteiger partial charge in [0.1, 0.15) is 0 Å². The molecule has 0 aliphatic carbocycles. The maximum Gasteiger partial charge on any atom is 0.224 e. The van der Waals surface area contributed by atoms with E-state index in [1.165, 1.54) is 18.2 Å². The number of amides is 1. The summed E-state index contributed by atoms with van der Waals surface area (Å²) in [4.78, 5) is 22.0. The van der Waals surface area contributed by atoms with E-state index >= 15 is 0 Å². The van der Waals surface area contributed by atoms with Crippen molar-refractivity contribution in [3.05, 3.63) is 41.7 Å². The zero-order chi connectivity index (χ0) is 17.6. The smallest absolute Gasteiger partial charge is 0.224 e. The van der Waals surface area contributed by atoms with Crippen molar-refractivity contribution in [2.24, 2.45) is 5.92 Å². The molecule has 7 heteroatoms. The third-order valence-corrected chi connectivity index (χ3v) is 5.12. The molecule has 26 heavy (non-hydrogen) atoms. The average Bonchev–Trinajstić information content (AvgIpc) is 3.07. The van der Waals surface area contributed by atoms with Gasteiger partial charge in [-0.3, -0.25) is 4.79 Å². The van der Waals surface area contributed by atoms with E-state index in [1.807, 2.05) is 44.2 Å². The van der Waals surface area contributed by atoms with Gasteiger partial charge in [0.25, 0.3) is 0 Å². The number of halogens is 1. The highest BCUT2D eigenvalue weighted by Gasteiger charge is 2.15. The van der Waals surface area contributed by atoms with E-state index < -0.39 is 0 Å². The first-order valence-electron chi connectivity index (χ1n) is 8.69. The van der Waals surface area contributed by atoms with Crippen LogP contribution >= 0.6 is 24.2 Å². The standard InChI is InChI=1S/C19H24N4OS.ClH/c1-13-11-14(2)22-19(21-13)25-17-6-4-16(5-7-17)23-18(24)8-3-15-9-10-20-12-15;/h4-7,11,15,20H,3,8-10,12H2,1-2H3,(H,23,24);1H. The van der Waals surface area contributed by atoms with E-state index in [9.17, 15) is 4.79 Å². The van der Waals surface area contributed by atoms with Crippen molar-refractivity contribution >= 4 is 35.8 Å². The van der Waals surface area contributed by atoms with Crippen LogP contribution in [0, 0.1) is 19.8 Å². The van der Waals surface area contributed by atoms with E-state index in [0.717, 1.165) is 46.6 Å². The Hall–Kier alpha value is -1.63. The van der Waals surface area contributed by atoms with Crippen molar-refractivity contribution in [2.75, 3.05) is 18.4 Å². The first-order chi connectivity index (χ1) is 12.1. The topological polar surface area (TPSA) is 66.9 Å². The molecule has 2 heterocycles. The number of aryl methyl sites for hydroxylation is 2. The zero-order valence-corrected chi connectivity index (χ0v) is 16.8. The van der Waals surface area contributed by atoms with Gasteiger partial charge in [0.05, 0.1) is 0 Å². The molecule has 1 aromatic heterocycles. The van der Waals surface area contributed by atoms with Gasteiger partial charge in [-0.1, -0.05) is 0 Å². The summed E-state index contributed by atoms with van der Waals surface area (Å²) in [5.41, 5.74) is 2.77. The lowest BCUT2D eigenvalue weighted by Gasteiger charge is -2.09. The number of anilines is 1. The minimum Gasteiger partial charge on any atom is -0.326 e. The summed E-state index contributed by atoms with van der Waals surface area (Å²) in [5.74, 6) is 0.729. The second kappa shape index (κ2) is 9.90. The molecule has 0 bridgehead atoms. The predicted octanol–water partition coefficient (Wildman–Crippen LogP) is 3.99. The largest absolute Gasteiger partial charge is 0.326 e. The molecule has 1 fully saturated rings. The van der Waals surface area contributed by atoms with Crippen LogP contribution in [0.1, 0.15) is 30.7 Å². The van der Waals surface area contributed by atoms with Crippen molar-refractivity contribution in [1.29, 1.82) is 0 Å². The van der Waals surface area contributed by atoms with Crippen molar-refractivity contribution in [1.82, 2.24) is 15.3 Å². The number of hydrogen-bond acceptors (Lipinski definition) is 5.